The molecule has 0 aromatic carbocycles. The lowest BCUT2D eigenvalue weighted by atomic mass is 9.94. The smallest absolute Gasteiger partial charge is 0.333 e. The first-order valence-electron chi connectivity index (χ1n) is 6.11. The van der Waals surface area contributed by atoms with Crippen molar-refractivity contribution in [2.24, 2.45) is 17.8 Å². The molecule has 3 rings (SSSR count). The predicted molar refractivity (Wildman–Crippen MR) is 63.0 cm³/mol. The monoisotopic (exact) mass is 272 g/mol. The first-order chi connectivity index (χ1) is 8.33. The van der Waals surface area contributed by atoms with Crippen molar-refractivity contribution >= 4 is 16.1 Å². The highest BCUT2D eigenvalue weighted by Gasteiger charge is 2.68. The van der Waals surface area contributed by atoms with Crippen LogP contribution >= 0.6 is 0 Å². The highest BCUT2D eigenvalue weighted by molar-refractivity contribution is 7.87. The molecule has 1 aliphatic heterocycles. The summed E-state index contributed by atoms with van der Waals surface area (Å²) in [5.41, 5.74) is 0.322. The van der Waals surface area contributed by atoms with Crippen LogP contribution in [0.4, 0.5) is 0 Å². The number of ether oxygens (including phenoxy) is 1. The van der Waals surface area contributed by atoms with Gasteiger partial charge in [-0.05, 0) is 19.3 Å². The molecule has 2 aliphatic carbocycles. The summed E-state index contributed by atoms with van der Waals surface area (Å²) in [7, 11) is -3.47. The van der Waals surface area contributed by atoms with Crippen molar-refractivity contribution in [2.75, 3.05) is 0 Å². The topological polar surface area (TPSA) is 69.7 Å². The lowest BCUT2D eigenvalue weighted by Gasteiger charge is -2.24. The van der Waals surface area contributed by atoms with E-state index in [1.807, 2.05) is 6.92 Å². The van der Waals surface area contributed by atoms with Crippen LogP contribution in [0.1, 0.15) is 20.3 Å². The van der Waals surface area contributed by atoms with Crippen molar-refractivity contribution in [3.8, 4) is 0 Å². The minimum absolute atomic E-state index is 0.0251. The van der Waals surface area contributed by atoms with E-state index in [0.29, 0.717) is 12.0 Å². The van der Waals surface area contributed by atoms with Crippen LogP contribution in [-0.4, -0.2) is 31.8 Å². The first-order valence-corrected chi connectivity index (χ1v) is 7.58. The van der Waals surface area contributed by atoms with Gasteiger partial charge in [-0.2, -0.15) is 8.42 Å². The second-order valence-corrected chi connectivity index (χ2v) is 7.36. The van der Waals surface area contributed by atoms with Gasteiger partial charge in [-0.3, -0.25) is 4.18 Å². The van der Waals surface area contributed by atoms with Gasteiger partial charge < -0.3 is 4.74 Å². The minimum Gasteiger partial charge on any atom is -0.456 e. The molecule has 0 aromatic rings. The van der Waals surface area contributed by atoms with Gasteiger partial charge >= 0.3 is 5.97 Å². The summed E-state index contributed by atoms with van der Waals surface area (Å²) in [5.74, 6) is -0.183. The fourth-order valence-corrected chi connectivity index (χ4v) is 5.64. The third-order valence-corrected chi connectivity index (χ3v) is 6.29. The van der Waals surface area contributed by atoms with Gasteiger partial charge in [0.25, 0.3) is 10.1 Å². The Bertz CT molecular complexity index is 523. The normalized spacial score (nSPS) is 47.2. The zero-order valence-electron chi connectivity index (χ0n) is 10.3. The maximum Gasteiger partial charge on any atom is 0.333 e. The Hall–Kier alpha value is -0.880. The van der Waals surface area contributed by atoms with Crippen LogP contribution in [0, 0.1) is 17.8 Å². The van der Waals surface area contributed by atoms with E-state index < -0.39 is 33.5 Å². The molecule has 6 atom stereocenters. The van der Waals surface area contributed by atoms with Crippen LogP contribution in [0.5, 0.6) is 0 Å². The average Bonchev–Trinajstić information content (AvgIpc) is 2.78. The maximum atomic E-state index is 11.8. The molecule has 4 unspecified atom stereocenters. The van der Waals surface area contributed by atoms with E-state index in [1.165, 1.54) is 0 Å². The first kappa shape index (κ1) is 12.2. The number of rotatable bonds is 2. The number of hydrogen-bond acceptors (Lipinski definition) is 5. The molecule has 2 saturated carbocycles. The summed E-state index contributed by atoms with van der Waals surface area (Å²) < 4.78 is 34.1. The maximum absolute atomic E-state index is 11.8. The molecular weight excluding hydrogens is 256 g/mol. The van der Waals surface area contributed by atoms with Crippen molar-refractivity contribution in [3.05, 3.63) is 12.2 Å². The van der Waals surface area contributed by atoms with Gasteiger partial charge in [0.1, 0.15) is 12.2 Å². The third-order valence-electron chi connectivity index (χ3n) is 4.55. The fraction of sp³-hybridized carbons (Fsp3) is 0.750. The SMILES string of the molecule is C=C(C)C(=O)OC1C2CC3C([C@H]2C)[C@@H]1OS3(=O)=O. The van der Waals surface area contributed by atoms with E-state index in [4.69, 9.17) is 8.92 Å². The highest BCUT2D eigenvalue weighted by atomic mass is 32.2. The van der Waals surface area contributed by atoms with Crippen LogP contribution in [0.25, 0.3) is 0 Å². The summed E-state index contributed by atoms with van der Waals surface area (Å²) in [4.78, 5) is 11.6. The van der Waals surface area contributed by atoms with Gasteiger partial charge in [-0.15, -0.1) is 0 Å². The van der Waals surface area contributed by atoms with Crippen LogP contribution in [0.2, 0.25) is 0 Å². The minimum atomic E-state index is -3.47. The Morgan fingerprint density at radius 2 is 2.11 bits per heavy atom. The highest BCUT2D eigenvalue weighted by Crippen LogP contribution is 2.58. The van der Waals surface area contributed by atoms with Crippen molar-refractivity contribution in [1.82, 2.24) is 0 Å². The number of carbonyl (C=O) groups is 1. The summed E-state index contributed by atoms with van der Waals surface area (Å²) in [6.07, 6.45) is -0.390. The van der Waals surface area contributed by atoms with Crippen molar-refractivity contribution in [1.29, 1.82) is 0 Å². The van der Waals surface area contributed by atoms with Crippen molar-refractivity contribution in [3.63, 3.8) is 0 Å². The van der Waals surface area contributed by atoms with Gasteiger partial charge in [0.2, 0.25) is 0 Å². The molecule has 5 nitrogen and oxygen atoms in total. The van der Waals surface area contributed by atoms with E-state index in [9.17, 15) is 13.2 Å². The molecule has 0 aromatic heterocycles. The Balaban J connectivity index is 1.88. The molecule has 3 aliphatic rings. The summed E-state index contributed by atoms with van der Waals surface area (Å²) in [6, 6.07) is 0. The molecule has 0 N–H and O–H groups in total. The van der Waals surface area contributed by atoms with E-state index >= 15 is 0 Å². The Morgan fingerprint density at radius 1 is 1.44 bits per heavy atom. The second kappa shape index (κ2) is 3.57. The van der Waals surface area contributed by atoms with E-state index in [2.05, 4.69) is 6.58 Å². The predicted octanol–water partition coefficient (Wildman–Crippen LogP) is 0.857. The molecule has 18 heavy (non-hydrogen) atoms. The number of fused-ring (bicyclic) bond motifs is 1. The molecule has 6 heteroatoms. The number of esters is 1. The van der Waals surface area contributed by atoms with E-state index in [1.54, 1.807) is 6.92 Å². The standard InChI is InChI=1S/C12H16O5S/c1-5(2)12(13)16-10-7-4-8-9(6(7)3)11(10)17-18(8,14)15/h6-11H,1,4H2,2-3H3/t6-,7?,8?,9?,10?,11-/m0/s1. The number of carbonyl (C=O) groups excluding carboxylic acids is 1. The summed E-state index contributed by atoms with van der Waals surface area (Å²) in [6.45, 7) is 7.13. The molecular formula is C12H16O5S. The molecule has 2 bridgehead atoms. The van der Waals surface area contributed by atoms with Gasteiger partial charge in [0.15, 0.2) is 0 Å². The van der Waals surface area contributed by atoms with Gasteiger partial charge in [0, 0.05) is 17.4 Å². The lowest BCUT2D eigenvalue weighted by molar-refractivity contribution is -0.151. The summed E-state index contributed by atoms with van der Waals surface area (Å²) in [5, 5.41) is -0.401. The van der Waals surface area contributed by atoms with Crippen molar-refractivity contribution in [2.45, 2.75) is 37.7 Å². The second-order valence-electron chi connectivity index (χ2n) is 5.58. The Labute approximate surface area is 106 Å². The van der Waals surface area contributed by atoms with E-state index in [-0.39, 0.29) is 17.8 Å². The molecule has 0 radical (unpaired) electrons. The van der Waals surface area contributed by atoms with Crippen molar-refractivity contribution < 1.29 is 22.1 Å². The van der Waals surface area contributed by atoms with Crippen LogP contribution in [-0.2, 0) is 23.8 Å². The zero-order chi connectivity index (χ0) is 13.2. The Kier molecular flexibility index (Phi) is 2.41. The fourth-order valence-electron chi connectivity index (χ4n) is 3.70. The molecule has 0 spiro atoms. The van der Waals surface area contributed by atoms with Crippen LogP contribution < -0.4 is 0 Å². The van der Waals surface area contributed by atoms with Crippen LogP contribution in [0.15, 0.2) is 12.2 Å². The quantitative estimate of drug-likeness (QED) is 0.423. The number of hydrogen-bond donors (Lipinski definition) is 0. The molecule has 1 heterocycles. The Morgan fingerprint density at radius 3 is 2.72 bits per heavy atom. The zero-order valence-corrected chi connectivity index (χ0v) is 11.1. The molecule has 3 fully saturated rings. The molecule has 1 saturated heterocycles. The molecule has 100 valence electrons. The van der Waals surface area contributed by atoms with Gasteiger partial charge in [-0.1, -0.05) is 13.5 Å². The summed E-state index contributed by atoms with van der Waals surface area (Å²) >= 11 is 0. The van der Waals surface area contributed by atoms with Crippen LogP contribution in [0.3, 0.4) is 0 Å². The lowest BCUT2D eigenvalue weighted by Crippen LogP contribution is -2.37. The molecule has 0 amide bonds. The largest absolute Gasteiger partial charge is 0.456 e. The average molecular weight is 272 g/mol. The third kappa shape index (κ3) is 1.42. The van der Waals surface area contributed by atoms with Gasteiger partial charge in [-0.25, -0.2) is 4.79 Å². The van der Waals surface area contributed by atoms with Gasteiger partial charge in [0.05, 0.1) is 5.25 Å². The van der Waals surface area contributed by atoms with E-state index in [0.717, 1.165) is 0 Å².